The lowest BCUT2D eigenvalue weighted by Crippen LogP contribution is -1.97. The van der Waals surface area contributed by atoms with E-state index in [2.05, 4.69) is 18.6 Å². The molecule has 0 aliphatic carbocycles. The maximum atomic E-state index is 11.7. The van der Waals surface area contributed by atoms with Crippen LogP contribution in [0.3, 0.4) is 0 Å². The number of hydroxylamine groups is 1. The van der Waals surface area contributed by atoms with E-state index in [1.807, 2.05) is 0 Å². The van der Waals surface area contributed by atoms with Gasteiger partial charge in [-0.3, -0.25) is 4.79 Å². The van der Waals surface area contributed by atoms with E-state index in [-0.39, 0.29) is 0 Å². The number of nitrogens with zero attached hydrogens (tertiary/aromatic N) is 2. The summed E-state index contributed by atoms with van der Waals surface area (Å²) in [5, 5.41) is 14.5. The lowest BCUT2D eigenvalue weighted by Gasteiger charge is -2.02. The van der Waals surface area contributed by atoms with Crippen LogP contribution in [0.4, 0.5) is 0 Å². The molecule has 0 aromatic heterocycles. The van der Waals surface area contributed by atoms with Gasteiger partial charge in [0.2, 0.25) is 6.20 Å². The minimum atomic E-state index is 0.429. The smallest absolute Gasteiger partial charge is 0.202 e. The Morgan fingerprint density at radius 2 is 1.45 bits per heavy atom. The highest BCUT2D eigenvalue weighted by molar-refractivity contribution is 5.78. The fraction of sp³-hybridized carbons (Fsp3) is 0.833. The first-order valence-electron chi connectivity index (χ1n) is 8.98. The quantitative estimate of drug-likeness (QED) is 0.158. The van der Waals surface area contributed by atoms with Gasteiger partial charge in [-0.2, -0.15) is 0 Å². The first-order chi connectivity index (χ1) is 10.7. The molecule has 22 heavy (non-hydrogen) atoms. The summed E-state index contributed by atoms with van der Waals surface area (Å²) in [7, 11) is 0. The van der Waals surface area contributed by atoms with Crippen molar-refractivity contribution in [1.29, 1.82) is 0 Å². The van der Waals surface area contributed by atoms with E-state index in [9.17, 15) is 10.0 Å². The number of azo groups is 1. The first-order valence-corrected chi connectivity index (χ1v) is 8.98. The second-order valence-electron chi connectivity index (χ2n) is 5.92. The first kappa shape index (κ1) is 20.8. The summed E-state index contributed by atoms with van der Waals surface area (Å²) >= 11 is 0. The van der Waals surface area contributed by atoms with Crippen LogP contribution in [0.5, 0.6) is 0 Å². The van der Waals surface area contributed by atoms with Crippen molar-refractivity contribution in [2.24, 2.45) is 5.11 Å². The Kier molecular flexibility index (Phi) is 15.3. The van der Waals surface area contributed by atoms with Crippen LogP contribution in [0.2, 0.25) is 0 Å². The van der Waals surface area contributed by atoms with Gasteiger partial charge in [0, 0.05) is 12.8 Å². The summed E-state index contributed by atoms with van der Waals surface area (Å²) in [5.74, 6) is 0.429. The van der Waals surface area contributed by atoms with Crippen LogP contribution in [-0.4, -0.2) is 17.2 Å². The molecule has 0 atom stereocenters. The van der Waals surface area contributed by atoms with Crippen LogP contribution >= 0.6 is 0 Å². The van der Waals surface area contributed by atoms with Gasteiger partial charge in [-0.05, 0) is 31.0 Å². The predicted molar refractivity (Wildman–Crippen MR) is 91.8 cm³/mol. The molecule has 0 aromatic carbocycles. The number of unbranched alkanes of at least 4 members (excludes halogenated alkanes) is 9. The summed E-state index contributed by atoms with van der Waals surface area (Å²) in [5.41, 5.74) is 0. The predicted octanol–water partition coefficient (Wildman–Crippen LogP) is 5.75. The van der Waals surface area contributed by atoms with E-state index in [1.54, 1.807) is 0 Å². The lowest BCUT2D eigenvalue weighted by molar-refractivity contribution is -0.458. The number of carbonyl (C=O) groups excluding carboxylic acids is 1. The molecule has 0 fully saturated rings. The molecular weight excluding hydrogens is 276 g/mol. The van der Waals surface area contributed by atoms with E-state index < -0.39 is 0 Å². The van der Waals surface area contributed by atoms with Crippen molar-refractivity contribution in [3.8, 4) is 0 Å². The zero-order valence-corrected chi connectivity index (χ0v) is 14.4. The SMILES string of the molecule is C=C[N+]([O-])=NCCCCCCCC(=O)CCCCCCCC. The molecular formula is C18H34N2O2. The minimum Gasteiger partial charge on any atom is -0.595 e. The number of Topliss-reactive ketones (excluding diaryl/α,β-unsaturated/α-hetero) is 1. The highest BCUT2D eigenvalue weighted by Gasteiger charge is 2.01. The molecule has 0 aromatic rings. The zero-order chi connectivity index (χ0) is 16.5. The van der Waals surface area contributed by atoms with Crippen LogP contribution in [-0.2, 0) is 4.79 Å². The monoisotopic (exact) mass is 310 g/mol. The number of hydrogen-bond acceptors (Lipinski definition) is 3. The molecule has 128 valence electrons. The van der Waals surface area contributed by atoms with Crippen LogP contribution < -0.4 is 0 Å². The van der Waals surface area contributed by atoms with E-state index in [1.165, 1.54) is 32.1 Å². The molecule has 4 nitrogen and oxygen atoms in total. The van der Waals surface area contributed by atoms with Gasteiger partial charge in [0.15, 0.2) is 0 Å². The summed E-state index contributed by atoms with van der Waals surface area (Å²) < 4.78 is 0. The Morgan fingerprint density at radius 1 is 0.955 bits per heavy atom. The fourth-order valence-corrected chi connectivity index (χ4v) is 2.42. The van der Waals surface area contributed by atoms with Gasteiger partial charge in [0.1, 0.15) is 12.3 Å². The molecule has 4 heteroatoms. The minimum absolute atomic E-state index is 0.429. The van der Waals surface area contributed by atoms with Crippen LogP contribution in [0.15, 0.2) is 17.9 Å². The second-order valence-corrected chi connectivity index (χ2v) is 5.92. The standard InChI is InChI=1S/C18H34N2O2/c1-3-5-6-7-9-12-15-18(21)16-13-10-8-11-14-17-19-20(22)4-2/h4H,2-3,5-17H2,1H3. The Hall–Kier alpha value is -1.19. The summed E-state index contributed by atoms with van der Waals surface area (Å²) in [6, 6.07) is 0. The zero-order valence-electron chi connectivity index (χ0n) is 14.4. The highest BCUT2D eigenvalue weighted by atomic mass is 16.5. The molecule has 0 saturated carbocycles. The molecule has 0 rings (SSSR count). The molecule has 0 spiro atoms. The fourth-order valence-electron chi connectivity index (χ4n) is 2.42. The van der Waals surface area contributed by atoms with E-state index in [0.29, 0.717) is 17.2 Å². The molecule has 0 bridgehead atoms. The van der Waals surface area contributed by atoms with Gasteiger partial charge in [-0.1, -0.05) is 63.2 Å². The van der Waals surface area contributed by atoms with Crippen molar-refractivity contribution in [2.45, 2.75) is 90.4 Å². The number of hydrogen-bond donors (Lipinski definition) is 0. The maximum Gasteiger partial charge on any atom is 0.202 e. The number of rotatable bonds is 16. The van der Waals surface area contributed by atoms with Gasteiger partial charge in [-0.15, -0.1) is 0 Å². The summed E-state index contributed by atoms with van der Waals surface area (Å²) in [6.07, 6.45) is 15.4. The van der Waals surface area contributed by atoms with Crippen LogP contribution in [0.25, 0.3) is 0 Å². The Balaban J connectivity index is 3.26. The average Bonchev–Trinajstić information content (AvgIpc) is 2.52. The third-order valence-corrected chi connectivity index (χ3v) is 3.82. The maximum absolute atomic E-state index is 11.7. The second kappa shape index (κ2) is 16.2. The van der Waals surface area contributed by atoms with Gasteiger partial charge < -0.3 is 5.21 Å². The molecule has 0 aliphatic heterocycles. The summed E-state index contributed by atoms with van der Waals surface area (Å²) in [4.78, 5) is 12.2. The summed E-state index contributed by atoms with van der Waals surface area (Å²) in [6.45, 7) is 6.13. The topological polar surface area (TPSA) is 55.5 Å². The van der Waals surface area contributed by atoms with Crippen LogP contribution in [0.1, 0.15) is 90.4 Å². The molecule has 0 radical (unpaired) electrons. The van der Waals surface area contributed by atoms with Gasteiger partial charge in [-0.25, -0.2) is 0 Å². The Bertz CT molecular complexity index is 314. The van der Waals surface area contributed by atoms with Crippen LogP contribution in [0, 0.1) is 5.21 Å². The van der Waals surface area contributed by atoms with E-state index in [0.717, 1.165) is 57.6 Å². The number of carbonyl (C=O) groups is 1. The normalized spacial score (nSPS) is 11.6. The van der Waals surface area contributed by atoms with Crippen molar-refractivity contribution in [3.63, 3.8) is 0 Å². The van der Waals surface area contributed by atoms with Crippen molar-refractivity contribution in [3.05, 3.63) is 18.0 Å². The molecule has 0 aliphatic rings. The lowest BCUT2D eigenvalue weighted by atomic mass is 10.0. The van der Waals surface area contributed by atoms with E-state index in [4.69, 9.17) is 0 Å². The van der Waals surface area contributed by atoms with E-state index >= 15 is 0 Å². The third-order valence-electron chi connectivity index (χ3n) is 3.82. The number of ketones is 1. The van der Waals surface area contributed by atoms with Crippen molar-refractivity contribution in [1.82, 2.24) is 0 Å². The Labute approximate surface area is 136 Å². The molecule has 0 amide bonds. The van der Waals surface area contributed by atoms with Crippen molar-refractivity contribution < 1.29 is 9.66 Å². The molecule has 0 heterocycles. The highest BCUT2D eigenvalue weighted by Crippen LogP contribution is 2.11. The van der Waals surface area contributed by atoms with Crippen molar-refractivity contribution >= 4 is 5.78 Å². The van der Waals surface area contributed by atoms with Gasteiger partial charge in [0.25, 0.3) is 0 Å². The Morgan fingerprint density at radius 3 is 2.00 bits per heavy atom. The van der Waals surface area contributed by atoms with Gasteiger partial charge in [0.05, 0.1) is 0 Å². The molecule has 0 N–H and O–H groups in total. The van der Waals surface area contributed by atoms with Gasteiger partial charge >= 0.3 is 0 Å². The largest absolute Gasteiger partial charge is 0.595 e. The molecule has 0 unspecified atom stereocenters. The molecule has 0 saturated heterocycles. The van der Waals surface area contributed by atoms with Crippen molar-refractivity contribution in [2.75, 3.05) is 6.54 Å². The average molecular weight is 310 g/mol. The third kappa shape index (κ3) is 15.2.